The molecule has 1 aromatic heterocycles. The number of hydrogen-bond donors (Lipinski definition) is 1. The van der Waals surface area contributed by atoms with Gasteiger partial charge in [0.05, 0.1) is 5.52 Å². The van der Waals surface area contributed by atoms with Crippen LogP contribution in [0.3, 0.4) is 0 Å². The Morgan fingerprint density at radius 3 is 2.86 bits per heavy atom. The Morgan fingerprint density at radius 1 is 1.29 bits per heavy atom. The smallest absolute Gasteiger partial charge is 0.124 e. The van der Waals surface area contributed by atoms with E-state index in [0.29, 0.717) is 0 Å². The molecule has 0 saturated carbocycles. The molecule has 1 fully saturated rings. The molecule has 2 N–H and O–H groups in total. The predicted molar refractivity (Wildman–Crippen MR) is 83.4 cm³/mol. The van der Waals surface area contributed by atoms with Gasteiger partial charge in [0.1, 0.15) is 5.82 Å². The van der Waals surface area contributed by atoms with E-state index in [2.05, 4.69) is 9.88 Å². The topological polar surface area (TPSA) is 42.1 Å². The number of piperidine rings is 1. The summed E-state index contributed by atoms with van der Waals surface area (Å²) in [4.78, 5) is 6.82. The van der Waals surface area contributed by atoms with E-state index in [1.165, 1.54) is 12.8 Å². The van der Waals surface area contributed by atoms with Crippen molar-refractivity contribution in [1.82, 2.24) is 9.88 Å². The Labute approximate surface area is 125 Å². The molecule has 2 aromatic rings. The normalized spacial score (nSPS) is 17.4. The maximum Gasteiger partial charge on any atom is 0.124 e. The number of hydrogen-bond acceptors (Lipinski definition) is 3. The van der Waals surface area contributed by atoms with Crippen LogP contribution in [0.5, 0.6) is 0 Å². The summed E-state index contributed by atoms with van der Waals surface area (Å²) in [6, 6.07) is 6.95. The molecule has 112 valence electrons. The van der Waals surface area contributed by atoms with Crippen molar-refractivity contribution >= 4 is 10.9 Å². The Balaban J connectivity index is 1.74. The van der Waals surface area contributed by atoms with Crippen LogP contribution in [-0.4, -0.2) is 29.5 Å². The maximum absolute atomic E-state index is 13.8. The van der Waals surface area contributed by atoms with E-state index in [-0.39, 0.29) is 5.82 Å². The van der Waals surface area contributed by atoms with Crippen molar-refractivity contribution in [2.24, 2.45) is 11.7 Å². The minimum absolute atomic E-state index is 0.177. The lowest BCUT2D eigenvalue weighted by molar-refractivity contribution is 0.174. The molecule has 3 nitrogen and oxygen atoms in total. The summed E-state index contributed by atoms with van der Waals surface area (Å²) >= 11 is 0. The molecule has 0 bridgehead atoms. The van der Waals surface area contributed by atoms with Crippen molar-refractivity contribution in [1.29, 1.82) is 0 Å². The molecule has 4 heteroatoms. The second-order valence-corrected chi connectivity index (χ2v) is 5.94. The van der Waals surface area contributed by atoms with Gasteiger partial charge in [-0.25, -0.2) is 4.39 Å². The highest BCUT2D eigenvalue weighted by Gasteiger charge is 2.19. The van der Waals surface area contributed by atoms with E-state index in [1.54, 1.807) is 18.3 Å². The molecule has 0 unspecified atom stereocenters. The summed E-state index contributed by atoms with van der Waals surface area (Å²) in [5.74, 6) is 0.581. The van der Waals surface area contributed by atoms with Crippen LogP contribution >= 0.6 is 0 Å². The predicted octanol–water partition coefficient (Wildman–Crippen LogP) is 2.93. The minimum Gasteiger partial charge on any atom is -0.330 e. The average molecular weight is 287 g/mol. The van der Waals surface area contributed by atoms with Crippen LogP contribution in [0.1, 0.15) is 24.8 Å². The van der Waals surface area contributed by atoms with Crippen LogP contribution in [0.4, 0.5) is 4.39 Å². The van der Waals surface area contributed by atoms with Crippen molar-refractivity contribution in [3.8, 4) is 0 Å². The third-order valence-electron chi connectivity index (χ3n) is 4.42. The van der Waals surface area contributed by atoms with Crippen molar-refractivity contribution in [3.05, 3.63) is 41.8 Å². The summed E-state index contributed by atoms with van der Waals surface area (Å²) in [6.45, 7) is 3.69. The van der Waals surface area contributed by atoms with Crippen molar-refractivity contribution in [2.75, 3.05) is 19.6 Å². The number of nitrogens with zero attached hydrogens (tertiary/aromatic N) is 2. The Kier molecular flexibility index (Phi) is 4.46. The lowest BCUT2D eigenvalue weighted by Gasteiger charge is -2.32. The first-order valence-corrected chi connectivity index (χ1v) is 7.72. The SMILES string of the molecule is NCCC1CCN(Cc2cc(F)cc3cccnc23)CC1. The van der Waals surface area contributed by atoms with Gasteiger partial charge in [-0.1, -0.05) is 6.07 Å². The van der Waals surface area contributed by atoms with Crippen LogP contribution in [-0.2, 0) is 6.54 Å². The third-order valence-corrected chi connectivity index (χ3v) is 4.42. The van der Waals surface area contributed by atoms with Crippen LogP contribution in [0.2, 0.25) is 0 Å². The second-order valence-electron chi connectivity index (χ2n) is 5.94. The maximum atomic E-state index is 13.8. The van der Waals surface area contributed by atoms with Gasteiger partial charge in [-0.05, 0) is 68.6 Å². The number of nitrogens with two attached hydrogens (primary N) is 1. The Morgan fingerprint density at radius 2 is 2.10 bits per heavy atom. The Hall–Kier alpha value is -1.52. The monoisotopic (exact) mass is 287 g/mol. The number of aromatic nitrogens is 1. The van der Waals surface area contributed by atoms with E-state index < -0.39 is 0 Å². The Bertz CT molecular complexity index is 606. The summed E-state index contributed by atoms with van der Waals surface area (Å²) in [6.07, 6.45) is 5.28. The van der Waals surface area contributed by atoms with E-state index in [0.717, 1.165) is 55.0 Å². The molecule has 0 amide bonds. The van der Waals surface area contributed by atoms with Crippen LogP contribution in [0, 0.1) is 11.7 Å². The summed E-state index contributed by atoms with van der Waals surface area (Å²) in [7, 11) is 0. The first-order chi connectivity index (χ1) is 10.3. The van der Waals surface area contributed by atoms with Gasteiger partial charge in [0.25, 0.3) is 0 Å². The largest absolute Gasteiger partial charge is 0.330 e. The molecule has 1 aliphatic heterocycles. The molecule has 2 heterocycles. The highest BCUT2D eigenvalue weighted by molar-refractivity contribution is 5.81. The fraction of sp³-hybridized carbons (Fsp3) is 0.471. The van der Waals surface area contributed by atoms with Gasteiger partial charge in [-0.15, -0.1) is 0 Å². The van der Waals surface area contributed by atoms with Crippen molar-refractivity contribution < 1.29 is 4.39 Å². The first kappa shape index (κ1) is 14.4. The van der Waals surface area contributed by atoms with Gasteiger partial charge < -0.3 is 5.73 Å². The fourth-order valence-electron chi connectivity index (χ4n) is 3.26. The molecular weight excluding hydrogens is 265 g/mol. The lowest BCUT2D eigenvalue weighted by atomic mass is 9.93. The molecule has 1 aromatic carbocycles. The number of benzene rings is 1. The van der Waals surface area contributed by atoms with Crippen LogP contribution in [0.15, 0.2) is 30.5 Å². The lowest BCUT2D eigenvalue weighted by Crippen LogP contribution is -2.34. The number of halogens is 1. The molecule has 21 heavy (non-hydrogen) atoms. The van der Waals surface area contributed by atoms with E-state index in [4.69, 9.17) is 5.73 Å². The molecule has 1 aliphatic rings. The minimum atomic E-state index is -0.177. The fourth-order valence-corrected chi connectivity index (χ4v) is 3.26. The standard InChI is InChI=1S/C17H22FN3/c18-16-10-14-2-1-7-20-17(14)15(11-16)12-21-8-4-13(3-6-19)5-9-21/h1-2,7,10-11,13H,3-6,8-9,12,19H2. The molecule has 1 saturated heterocycles. The van der Waals surface area contributed by atoms with Gasteiger partial charge in [0, 0.05) is 18.1 Å². The molecule has 0 atom stereocenters. The average Bonchev–Trinajstić information content (AvgIpc) is 2.49. The number of rotatable bonds is 4. The zero-order chi connectivity index (χ0) is 14.7. The van der Waals surface area contributed by atoms with Crippen LogP contribution < -0.4 is 5.73 Å². The number of pyridine rings is 1. The van der Waals surface area contributed by atoms with Crippen molar-refractivity contribution in [2.45, 2.75) is 25.8 Å². The van der Waals surface area contributed by atoms with Crippen LogP contribution in [0.25, 0.3) is 10.9 Å². The van der Waals surface area contributed by atoms with E-state index >= 15 is 0 Å². The summed E-state index contributed by atoms with van der Waals surface area (Å²) < 4.78 is 13.8. The van der Waals surface area contributed by atoms with Gasteiger partial charge >= 0.3 is 0 Å². The van der Waals surface area contributed by atoms with Gasteiger partial charge in [-0.2, -0.15) is 0 Å². The van der Waals surface area contributed by atoms with Gasteiger partial charge in [0.2, 0.25) is 0 Å². The highest BCUT2D eigenvalue weighted by Crippen LogP contribution is 2.24. The zero-order valence-corrected chi connectivity index (χ0v) is 12.3. The quantitative estimate of drug-likeness (QED) is 0.940. The van der Waals surface area contributed by atoms with Gasteiger partial charge in [0.15, 0.2) is 0 Å². The number of fused-ring (bicyclic) bond motifs is 1. The second kappa shape index (κ2) is 6.50. The van der Waals surface area contributed by atoms with E-state index in [1.807, 2.05) is 12.1 Å². The molecule has 3 rings (SSSR count). The highest BCUT2D eigenvalue weighted by atomic mass is 19.1. The van der Waals surface area contributed by atoms with Crippen molar-refractivity contribution in [3.63, 3.8) is 0 Å². The third kappa shape index (κ3) is 3.39. The molecular formula is C17H22FN3. The molecule has 0 radical (unpaired) electrons. The van der Waals surface area contributed by atoms with E-state index in [9.17, 15) is 4.39 Å². The summed E-state index contributed by atoms with van der Waals surface area (Å²) in [5.41, 5.74) is 7.54. The summed E-state index contributed by atoms with van der Waals surface area (Å²) in [5, 5.41) is 0.880. The molecule has 0 spiro atoms. The zero-order valence-electron chi connectivity index (χ0n) is 12.3. The van der Waals surface area contributed by atoms with Gasteiger partial charge in [-0.3, -0.25) is 9.88 Å². The first-order valence-electron chi connectivity index (χ1n) is 7.72. The molecule has 0 aliphatic carbocycles. The number of likely N-dealkylation sites (tertiary alicyclic amines) is 1.